The van der Waals surface area contributed by atoms with Gasteiger partial charge in [0.2, 0.25) is 43.7 Å². The number of para-hydroxylation sites is 2. The van der Waals surface area contributed by atoms with Crippen molar-refractivity contribution in [2.24, 2.45) is 0 Å². The van der Waals surface area contributed by atoms with Crippen LogP contribution in [0.3, 0.4) is 0 Å². The third kappa shape index (κ3) is 15.6. The predicted molar refractivity (Wildman–Crippen MR) is 347 cm³/mol. The van der Waals surface area contributed by atoms with Gasteiger partial charge in [-0.1, -0.05) is 69.1 Å². The minimum absolute atomic E-state index is 0.0621. The summed E-state index contributed by atoms with van der Waals surface area (Å²) in [5.41, 5.74) is 0.871. The van der Waals surface area contributed by atoms with E-state index >= 15 is 21.2 Å². The molecule has 0 unspecified atom stereocenters. The van der Waals surface area contributed by atoms with Crippen molar-refractivity contribution in [2.45, 2.75) is 63.1 Å². The molecule has 0 aliphatic carbocycles. The van der Waals surface area contributed by atoms with Crippen LogP contribution >= 0.6 is 0 Å². The lowest BCUT2D eigenvalue weighted by Crippen LogP contribution is -2.41. The van der Waals surface area contributed by atoms with Crippen molar-refractivity contribution >= 4 is 48.1 Å². The summed E-state index contributed by atoms with van der Waals surface area (Å²) in [7, 11) is -4.22. The second kappa shape index (κ2) is 29.5. The summed E-state index contributed by atoms with van der Waals surface area (Å²) < 4.78 is 144. The first-order valence-electron chi connectivity index (χ1n) is 28.8. The van der Waals surface area contributed by atoms with Crippen LogP contribution in [0.4, 0.5) is 20.7 Å². The molecule has 0 aliphatic rings. The van der Waals surface area contributed by atoms with E-state index < -0.39 is 71.5 Å². The van der Waals surface area contributed by atoms with E-state index in [0.717, 1.165) is 32.9 Å². The third-order valence-electron chi connectivity index (χ3n) is 15.1. The fraction of sp³-hybridized carbons (Fsp3) is 0.355. The second-order valence-electron chi connectivity index (χ2n) is 22.9. The van der Waals surface area contributed by atoms with Crippen molar-refractivity contribution in [3.63, 3.8) is 0 Å². The van der Waals surface area contributed by atoms with Gasteiger partial charge < -0.3 is 37.9 Å². The van der Waals surface area contributed by atoms with Gasteiger partial charge in [0.15, 0.2) is 11.6 Å². The number of aromatic nitrogens is 8. The number of sulfonamides is 2. The molecule has 4 aromatic carbocycles. The predicted octanol–water partition coefficient (Wildman–Crippen LogP) is 10.2. The molecule has 0 fully saturated rings. The number of hydrogen-bond donors (Lipinski definition) is 0. The van der Waals surface area contributed by atoms with Crippen LogP contribution in [0.2, 0.25) is 50.9 Å². The van der Waals surface area contributed by atoms with Crippen molar-refractivity contribution < 1.29 is 63.5 Å². The molecule has 8 aromatic rings. The summed E-state index contributed by atoms with van der Waals surface area (Å²) in [5, 5.41) is 38.9. The Labute approximate surface area is 536 Å². The van der Waals surface area contributed by atoms with Crippen molar-refractivity contribution in [1.29, 1.82) is 10.5 Å². The van der Waals surface area contributed by atoms with Gasteiger partial charge in [0.25, 0.3) is 0 Å². The Balaban J connectivity index is 1.20. The largest absolute Gasteiger partial charge is 0.494 e. The van der Waals surface area contributed by atoms with Crippen LogP contribution in [0, 0.1) is 34.3 Å². The molecule has 24 nitrogen and oxygen atoms in total. The van der Waals surface area contributed by atoms with E-state index in [4.69, 9.17) is 37.9 Å². The number of ether oxygens (including phenoxy) is 8. The van der Waals surface area contributed by atoms with E-state index in [-0.39, 0.29) is 135 Å². The van der Waals surface area contributed by atoms with Gasteiger partial charge in [0, 0.05) is 47.0 Å². The standard InChI is InChI=1S/C62H72F2N12O12S2Si2/c1-81-49-19-15-20-50(82-2)57(49)75-59(47-17-13-23-55(67-47)86-6)69-71-61(75)73(29-32-91(8,9)10)90(79,80)40-54(46-28-26-44(64)36-42(46)38-66)88-31-34-92(11,12)33-30-74(89(77,78)39-53(85-5)45-27-25-43(63)35-41(45)37-65)62-72-70-60(48-18-14-24-56(68-48)87-7)76(62)58-51(83-3)21-16-22-52(58)84-4/h13-28,35-36,53-54H,29-34,39-40H2,1-12H3/t53-,54+/m1/s1. The molecular weight excluding hydrogens is 1260 g/mol. The van der Waals surface area contributed by atoms with Gasteiger partial charge in [-0.25, -0.2) is 44.2 Å². The lowest BCUT2D eigenvalue weighted by atomic mass is 10.0. The van der Waals surface area contributed by atoms with Gasteiger partial charge in [-0.2, -0.15) is 10.5 Å². The van der Waals surface area contributed by atoms with E-state index in [9.17, 15) is 14.9 Å². The van der Waals surface area contributed by atoms with Gasteiger partial charge >= 0.3 is 0 Å². The highest BCUT2D eigenvalue weighted by Gasteiger charge is 2.39. The van der Waals surface area contributed by atoms with E-state index in [1.54, 1.807) is 72.8 Å². The summed E-state index contributed by atoms with van der Waals surface area (Å²) in [6, 6.07) is 31.7. The van der Waals surface area contributed by atoms with Crippen molar-refractivity contribution in [2.75, 3.05) is 89.6 Å². The fourth-order valence-electron chi connectivity index (χ4n) is 10.1. The summed E-state index contributed by atoms with van der Waals surface area (Å²) in [5.74, 6) is -1.70. The zero-order valence-electron chi connectivity index (χ0n) is 53.0. The number of anilines is 2. The average Bonchev–Trinajstić information content (AvgIpc) is 1.55. The van der Waals surface area contributed by atoms with E-state index in [1.165, 1.54) is 71.0 Å². The molecule has 0 saturated heterocycles. The number of halogens is 2. The smallest absolute Gasteiger partial charge is 0.246 e. The zero-order chi connectivity index (χ0) is 66.7. The summed E-state index contributed by atoms with van der Waals surface area (Å²) >= 11 is 0. The highest BCUT2D eigenvalue weighted by atomic mass is 32.2. The molecular formula is C62H72F2N12O12S2Si2. The van der Waals surface area contributed by atoms with E-state index in [2.05, 4.69) is 50.0 Å². The lowest BCUT2D eigenvalue weighted by molar-refractivity contribution is 0.0775. The van der Waals surface area contributed by atoms with Crippen LogP contribution in [0.1, 0.15) is 34.5 Å². The van der Waals surface area contributed by atoms with Gasteiger partial charge in [-0.3, -0.25) is 9.13 Å². The van der Waals surface area contributed by atoms with Crippen molar-refractivity contribution in [3.8, 4) is 81.3 Å². The second-order valence-corrected chi connectivity index (χ2v) is 37.7. The molecule has 486 valence electrons. The van der Waals surface area contributed by atoms with Crippen LogP contribution in [-0.2, 0) is 29.5 Å². The number of methoxy groups -OCH3 is 7. The van der Waals surface area contributed by atoms with E-state index in [0.29, 0.717) is 6.04 Å². The Hall–Kier alpha value is -9.05. The molecule has 0 saturated carbocycles. The topological polar surface area (TPSA) is 283 Å². The molecule has 0 spiro atoms. The quantitative estimate of drug-likeness (QED) is 0.0365. The first kappa shape index (κ1) is 68.9. The fourth-order valence-corrected chi connectivity index (χ4v) is 16.2. The number of nitriles is 2. The van der Waals surface area contributed by atoms with Crippen LogP contribution in [0.25, 0.3) is 34.4 Å². The Morgan fingerprint density at radius 2 is 0.924 bits per heavy atom. The maximum absolute atomic E-state index is 15.8. The summed E-state index contributed by atoms with van der Waals surface area (Å²) in [6.07, 6.45) is -2.71. The molecule has 30 heteroatoms. The SMILES string of the molecule is COc1cccc(-c2nnc(N(CC[Si](C)(C)C)S(=O)(=O)C[C@H](OCC[Si](C)(C)CCN(c3nnc(-c4cccc(OC)n4)n3-c3c(OC)cccc3OC)S(=O)(=O)C[C@@H](OC)c3ccc(F)cc3C#N)c3ccc(F)cc3C#N)n2-c2c(OC)cccc2OC)n1. The molecule has 8 rings (SSSR count). The van der Waals surface area contributed by atoms with Gasteiger partial charge in [0.05, 0.1) is 97.7 Å². The minimum atomic E-state index is -4.66. The van der Waals surface area contributed by atoms with Crippen LogP contribution in [0.5, 0.6) is 34.8 Å². The average molecular weight is 1340 g/mol. The molecule has 2 atom stereocenters. The zero-order valence-corrected chi connectivity index (χ0v) is 56.7. The van der Waals surface area contributed by atoms with Crippen LogP contribution < -0.4 is 37.0 Å². The number of benzene rings is 4. The van der Waals surface area contributed by atoms with Crippen LogP contribution in [-0.4, -0.2) is 153 Å². The number of pyridine rings is 2. The Morgan fingerprint density at radius 1 is 0.522 bits per heavy atom. The summed E-state index contributed by atoms with van der Waals surface area (Å²) in [4.78, 5) is 9.25. The molecule has 4 aromatic heterocycles. The molecule has 0 aliphatic heterocycles. The first-order valence-corrected chi connectivity index (χ1v) is 39.1. The lowest BCUT2D eigenvalue weighted by Gasteiger charge is -2.31. The molecule has 92 heavy (non-hydrogen) atoms. The maximum Gasteiger partial charge on any atom is 0.246 e. The minimum Gasteiger partial charge on any atom is -0.494 e. The maximum atomic E-state index is 15.8. The van der Waals surface area contributed by atoms with Gasteiger partial charge in [-0.05, 0) is 89.9 Å². The Bertz CT molecular complexity index is 4210. The Morgan fingerprint density at radius 3 is 1.32 bits per heavy atom. The van der Waals surface area contributed by atoms with Crippen molar-refractivity contribution in [3.05, 3.63) is 143 Å². The molecule has 0 radical (unpaired) electrons. The van der Waals surface area contributed by atoms with Gasteiger partial charge in [0.1, 0.15) is 57.4 Å². The Kier molecular flexibility index (Phi) is 22.1. The van der Waals surface area contributed by atoms with Crippen molar-refractivity contribution in [1.82, 2.24) is 39.5 Å². The number of rotatable bonds is 31. The van der Waals surface area contributed by atoms with Gasteiger partial charge in [-0.15, -0.1) is 20.4 Å². The van der Waals surface area contributed by atoms with Crippen LogP contribution in [0.15, 0.2) is 109 Å². The first-order chi connectivity index (χ1) is 43.9. The highest BCUT2D eigenvalue weighted by molar-refractivity contribution is 7.93. The third-order valence-corrected chi connectivity index (χ3v) is 23.5. The number of nitrogens with zero attached hydrogens (tertiary/aromatic N) is 12. The molecule has 0 amide bonds. The molecule has 4 heterocycles. The molecule has 0 bridgehead atoms. The number of hydrogen-bond acceptors (Lipinski definition) is 20. The highest BCUT2D eigenvalue weighted by Crippen LogP contribution is 2.42. The normalized spacial score (nSPS) is 12.5. The molecule has 0 N–H and O–H groups in total. The van der Waals surface area contributed by atoms with E-state index in [1.807, 2.05) is 25.2 Å². The monoisotopic (exact) mass is 1330 g/mol. The summed E-state index contributed by atoms with van der Waals surface area (Å²) in [6.45, 7) is 9.81.